The maximum atomic E-state index is 12.7. The predicted molar refractivity (Wildman–Crippen MR) is 137 cm³/mol. The van der Waals surface area contributed by atoms with Crippen LogP contribution < -0.4 is 0 Å². The molecule has 13 heteroatoms. The molecule has 0 radical (unpaired) electrons. The van der Waals surface area contributed by atoms with Crippen LogP contribution in [0.15, 0.2) is 68.1 Å². The van der Waals surface area contributed by atoms with Crippen LogP contribution in [0.4, 0.5) is 0 Å². The molecule has 214 valence electrons. The third-order valence-electron chi connectivity index (χ3n) is 4.41. The zero-order valence-corrected chi connectivity index (χ0v) is 22.0. The second-order valence-corrected chi connectivity index (χ2v) is 7.94. The minimum Gasteiger partial charge on any atom is -0.458 e. The first-order chi connectivity index (χ1) is 18.9. The fourth-order valence-corrected chi connectivity index (χ4v) is 2.39. The average molecular weight is 560 g/mol. The Labute approximate surface area is 230 Å². The molecule has 0 aliphatic heterocycles. The topological polar surface area (TPSA) is 171 Å². The van der Waals surface area contributed by atoms with Gasteiger partial charge in [-0.25, -0.2) is 28.8 Å². The number of aromatic nitrogens is 1. The minimum atomic E-state index is -1.22. The molecule has 2 atom stereocenters. The molecule has 1 aromatic heterocycles. The van der Waals surface area contributed by atoms with Crippen molar-refractivity contribution in [3.05, 3.63) is 79.2 Å². The van der Waals surface area contributed by atoms with Gasteiger partial charge in [0.25, 0.3) is 0 Å². The predicted octanol–water partition coefficient (Wildman–Crippen LogP) is 1.83. The van der Waals surface area contributed by atoms with Crippen molar-refractivity contribution in [2.75, 3.05) is 26.4 Å². The van der Waals surface area contributed by atoms with E-state index in [1.54, 1.807) is 0 Å². The van der Waals surface area contributed by atoms with Crippen molar-refractivity contribution < 1.29 is 57.2 Å². The van der Waals surface area contributed by atoms with Crippen molar-refractivity contribution in [2.24, 2.45) is 0 Å². The molecule has 13 nitrogen and oxygen atoms in total. The summed E-state index contributed by atoms with van der Waals surface area (Å²) in [5.74, 6) is -5.13. The Bertz CT molecular complexity index is 1100. The van der Waals surface area contributed by atoms with Crippen molar-refractivity contribution in [3.63, 3.8) is 0 Å². The number of rotatable bonds is 16. The molecule has 0 aliphatic carbocycles. The van der Waals surface area contributed by atoms with Crippen molar-refractivity contribution in [1.82, 2.24) is 4.98 Å². The summed E-state index contributed by atoms with van der Waals surface area (Å²) in [5, 5.41) is 0. The van der Waals surface area contributed by atoms with Gasteiger partial charge in [0.2, 0.25) is 0 Å². The third-order valence-corrected chi connectivity index (χ3v) is 4.41. The second kappa shape index (κ2) is 16.7. The van der Waals surface area contributed by atoms with E-state index in [0.717, 1.165) is 30.6 Å². The monoisotopic (exact) mass is 559 g/mol. The summed E-state index contributed by atoms with van der Waals surface area (Å²) in [6, 6.07) is 1.09. The second-order valence-electron chi connectivity index (χ2n) is 7.94. The molecular weight excluding hydrogens is 530 g/mol. The Kier molecular flexibility index (Phi) is 13.8. The first-order valence-corrected chi connectivity index (χ1v) is 11.5. The van der Waals surface area contributed by atoms with Gasteiger partial charge in [0.05, 0.1) is 11.1 Å². The van der Waals surface area contributed by atoms with Crippen LogP contribution in [-0.2, 0) is 47.6 Å². The van der Waals surface area contributed by atoms with Gasteiger partial charge < -0.3 is 28.4 Å². The van der Waals surface area contributed by atoms with E-state index in [2.05, 4.69) is 31.3 Å². The molecule has 0 saturated heterocycles. The standard InChI is InChI=1S/C27H29NO12/c1-7-22(29)35-12-20(14-37-24(31)16(3)4)39-26(33)18-9-19(11-28-10-18)27(34)40-21(13-36-23(30)8-2)15-38-25(32)17(5)6/h7-11,20-21H,1-3,5,12-15H2,4,6H3. The molecule has 0 amide bonds. The largest absolute Gasteiger partial charge is 0.458 e. The lowest BCUT2D eigenvalue weighted by Gasteiger charge is -2.19. The normalized spacial score (nSPS) is 11.4. The number of hydrogen-bond acceptors (Lipinski definition) is 13. The number of carbonyl (C=O) groups is 6. The highest BCUT2D eigenvalue weighted by Crippen LogP contribution is 2.11. The van der Waals surface area contributed by atoms with Crippen molar-refractivity contribution in [3.8, 4) is 0 Å². The summed E-state index contributed by atoms with van der Waals surface area (Å²) in [7, 11) is 0. The Morgan fingerprint density at radius 2 is 1.05 bits per heavy atom. The van der Waals surface area contributed by atoms with Gasteiger partial charge in [-0.3, -0.25) is 4.98 Å². The lowest BCUT2D eigenvalue weighted by Crippen LogP contribution is -2.31. The highest BCUT2D eigenvalue weighted by molar-refractivity contribution is 5.95. The van der Waals surface area contributed by atoms with Crippen molar-refractivity contribution in [2.45, 2.75) is 26.1 Å². The molecule has 2 unspecified atom stereocenters. The first kappa shape index (κ1) is 33.0. The summed E-state index contributed by atoms with van der Waals surface area (Å²) in [5.41, 5.74) is -0.223. The molecule has 0 saturated carbocycles. The number of nitrogens with zero attached hydrogens (tertiary/aromatic N) is 1. The summed E-state index contributed by atoms with van der Waals surface area (Å²) in [4.78, 5) is 75.5. The Morgan fingerprint density at radius 3 is 1.38 bits per heavy atom. The van der Waals surface area contributed by atoms with E-state index in [-0.39, 0.29) is 22.3 Å². The average Bonchev–Trinajstić information content (AvgIpc) is 2.94. The van der Waals surface area contributed by atoms with Crippen LogP contribution in [0.3, 0.4) is 0 Å². The highest BCUT2D eigenvalue weighted by atomic mass is 16.6. The molecule has 0 fully saturated rings. The van der Waals surface area contributed by atoms with E-state index in [9.17, 15) is 28.8 Å². The lowest BCUT2D eigenvalue weighted by atomic mass is 10.2. The maximum absolute atomic E-state index is 12.7. The van der Waals surface area contributed by atoms with Gasteiger partial charge in [-0.1, -0.05) is 26.3 Å². The number of pyridine rings is 1. The van der Waals surface area contributed by atoms with Crippen molar-refractivity contribution >= 4 is 35.8 Å². The summed E-state index contributed by atoms with van der Waals surface area (Å²) >= 11 is 0. The van der Waals surface area contributed by atoms with Gasteiger partial charge in [0.15, 0.2) is 12.2 Å². The fraction of sp³-hybridized carbons (Fsp3) is 0.296. The van der Waals surface area contributed by atoms with Crippen LogP contribution >= 0.6 is 0 Å². The molecule has 1 rings (SSSR count). The van der Waals surface area contributed by atoms with E-state index < -0.39 is 74.5 Å². The summed E-state index contributed by atoms with van der Waals surface area (Å²) in [6.45, 7) is 14.3. The van der Waals surface area contributed by atoms with E-state index >= 15 is 0 Å². The fourth-order valence-electron chi connectivity index (χ4n) is 2.39. The zero-order valence-electron chi connectivity index (χ0n) is 22.0. The SMILES string of the molecule is C=CC(=O)OCC(COC(=O)C(=C)C)OC(=O)c1cncc(C(=O)OC(COC(=O)C=C)COC(=O)C(=C)C)c1. The number of carbonyl (C=O) groups excluding carboxylic acids is 6. The molecule has 0 N–H and O–H groups in total. The zero-order chi connectivity index (χ0) is 30.2. The smallest absolute Gasteiger partial charge is 0.340 e. The summed E-state index contributed by atoms with van der Waals surface area (Å²) < 4.78 is 30.2. The number of esters is 6. The van der Waals surface area contributed by atoms with E-state index in [1.807, 2.05) is 0 Å². The van der Waals surface area contributed by atoms with Gasteiger partial charge in [-0.15, -0.1) is 0 Å². The van der Waals surface area contributed by atoms with Gasteiger partial charge in [0, 0.05) is 35.7 Å². The number of hydrogen-bond donors (Lipinski definition) is 0. The molecule has 1 aromatic rings. The lowest BCUT2D eigenvalue weighted by molar-refractivity contribution is -0.148. The van der Waals surface area contributed by atoms with Crippen LogP contribution in [0.2, 0.25) is 0 Å². The van der Waals surface area contributed by atoms with Crippen LogP contribution in [0, 0.1) is 0 Å². The molecule has 0 bridgehead atoms. The molecular formula is C27H29NO12. The summed E-state index contributed by atoms with van der Waals surface area (Å²) in [6.07, 6.45) is 1.52. The quantitative estimate of drug-likeness (QED) is 0.163. The molecule has 40 heavy (non-hydrogen) atoms. The Morgan fingerprint density at radius 1 is 0.700 bits per heavy atom. The van der Waals surface area contributed by atoms with Crippen LogP contribution in [0.1, 0.15) is 34.6 Å². The molecule has 1 heterocycles. The van der Waals surface area contributed by atoms with Crippen molar-refractivity contribution in [1.29, 1.82) is 0 Å². The van der Waals surface area contributed by atoms with Crippen LogP contribution in [0.25, 0.3) is 0 Å². The van der Waals surface area contributed by atoms with Gasteiger partial charge in [-0.2, -0.15) is 0 Å². The van der Waals surface area contributed by atoms with Gasteiger partial charge >= 0.3 is 35.8 Å². The highest BCUT2D eigenvalue weighted by Gasteiger charge is 2.24. The van der Waals surface area contributed by atoms with E-state index in [4.69, 9.17) is 28.4 Å². The maximum Gasteiger partial charge on any atom is 0.340 e. The number of ether oxygens (including phenoxy) is 6. The first-order valence-electron chi connectivity index (χ1n) is 11.5. The molecule has 0 spiro atoms. The van der Waals surface area contributed by atoms with Gasteiger partial charge in [-0.05, 0) is 19.9 Å². The molecule has 0 aliphatic rings. The van der Waals surface area contributed by atoms with Crippen LogP contribution in [0.5, 0.6) is 0 Å². The Hall–Kier alpha value is -5.07. The molecule has 0 aromatic carbocycles. The van der Waals surface area contributed by atoms with Gasteiger partial charge in [0.1, 0.15) is 26.4 Å². The minimum absolute atomic E-state index is 0.0931. The third kappa shape index (κ3) is 12.0. The van der Waals surface area contributed by atoms with E-state index in [0.29, 0.717) is 0 Å². The van der Waals surface area contributed by atoms with Crippen LogP contribution in [-0.4, -0.2) is 79.4 Å². The Balaban J connectivity index is 2.99. The van der Waals surface area contributed by atoms with E-state index in [1.165, 1.54) is 13.8 Å².